The second-order valence-electron chi connectivity index (χ2n) is 4.59. The van der Waals surface area contributed by atoms with Gasteiger partial charge in [0, 0.05) is 15.7 Å². The van der Waals surface area contributed by atoms with E-state index >= 15 is 0 Å². The van der Waals surface area contributed by atoms with Gasteiger partial charge in [-0.1, -0.05) is 28.1 Å². The Morgan fingerprint density at radius 2 is 1.90 bits per heavy atom. The van der Waals surface area contributed by atoms with Crippen LogP contribution in [-0.4, -0.2) is 12.5 Å². The Balaban J connectivity index is 1.87. The van der Waals surface area contributed by atoms with Gasteiger partial charge >= 0.3 is 0 Å². The predicted molar refractivity (Wildman–Crippen MR) is 85.7 cm³/mol. The van der Waals surface area contributed by atoms with Crippen LogP contribution in [0.15, 0.2) is 53.0 Å². The third-order valence-corrected chi connectivity index (χ3v) is 3.63. The number of benzene rings is 2. The van der Waals surface area contributed by atoms with Gasteiger partial charge in [0.15, 0.2) is 11.5 Å². The van der Waals surface area contributed by atoms with Gasteiger partial charge in [-0.15, -0.1) is 0 Å². The van der Waals surface area contributed by atoms with Crippen LogP contribution in [0, 0.1) is 5.41 Å². The first-order chi connectivity index (χ1) is 10.1. The van der Waals surface area contributed by atoms with E-state index in [1.807, 2.05) is 30.3 Å². The van der Waals surface area contributed by atoms with Gasteiger partial charge in [0.1, 0.15) is 0 Å². The smallest absolute Gasteiger partial charge is 0.231 e. The van der Waals surface area contributed by atoms with Crippen molar-refractivity contribution in [3.8, 4) is 11.5 Å². The molecule has 0 fully saturated rings. The summed E-state index contributed by atoms with van der Waals surface area (Å²) < 4.78 is 11.5. The normalized spacial score (nSPS) is 13.3. The number of nitrogens with two attached hydrogens (primary N) is 1. The van der Waals surface area contributed by atoms with Gasteiger partial charge in [0.2, 0.25) is 6.79 Å². The van der Waals surface area contributed by atoms with Crippen molar-refractivity contribution < 1.29 is 9.47 Å². The number of hydrogen-bond donors (Lipinski definition) is 2. The Morgan fingerprint density at radius 1 is 1.10 bits per heavy atom. The molecular formula is C16H13BrN2O2. The summed E-state index contributed by atoms with van der Waals surface area (Å²) in [6.45, 7) is 0.224. The lowest BCUT2D eigenvalue weighted by molar-refractivity contribution is 0.174. The summed E-state index contributed by atoms with van der Waals surface area (Å²) in [4.78, 5) is 0. The molecule has 4 nitrogen and oxygen atoms in total. The lowest BCUT2D eigenvalue weighted by Gasteiger charge is -2.05. The third-order valence-electron chi connectivity index (χ3n) is 3.14. The van der Waals surface area contributed by atoms with Crippen LogP contribution in [-0.2, 0) is 0 Å². The van der Waals surface area contributed by atoms with E-state index < -0.39 is 0 Å². The lowest BCUT2D eigenvalue weighted by Crippen LogP contribution is -2.02. The standard InChI is InChI=1S/C16H13BrN2O2/c17-12-3-1-2-10(6-12)13(18)8-14(19)11-4-5-15-16(7-11)21-9-20-15/h1-8,19H,9,18H2. The van der Waals surface area contributed by atoms with Crippen LogP contribution in [0.2, 0.25) is 0 Å². The Morgan fingerprint density at radius 3 is 2.71 bits per heavy atom. The number of fused-ring (bicyclic) bond motifs is 1. The van der Waals surface area contributed by atoms with Gasteiger partial charge in [-0.05, 0) is 42.0 Å². The van der Waals surface area contributed by atoms with Crippen LogP contribution < -0.4 is 15.2 Å². The van der Waals surface area contributed by atoms with Crippen molar-refractivity contribution in [2.75, 3.05) is 6.79 Å². The Bertz CT molecular complexity index is 741. The predicted octanol–water partition coefficient (Wildman–Crippen LogP) is 3.55. The summed E-state index contributed by atoms with van der Waals surface area (Å²) in [6, 6.07) is 13.1. The van der Waals surface area contributed by atoms with Gasteiger partial charge in [0.05, 0.1) is 5.71 Å². The fraction of sp³-hybridized carbons (Fsp3) is 0.0625. The summed E-state index contributed by atoms with van der Waals surface area (Å²) in [6.07, 6.45) is 1.64. The van der Waals surface area contributed by atoms with Crippen molar-refractivity contribution in [3.63, 3.8) is 0 Å². The molecule has 0 aliphatic carbocycles. The van der Waals surface area contributed by atoms with Crippen molar-refractivity contribution in [2.24, 2.45) is 5.73 Å². The summed E-state index contributed by atoms with van der Waals surface area (Å²) >= 11 is 3.41. The molecule has 0 saturated heterocycles. The largest absolute Gasteiger partial charge is 0.454 e. The monoisotopic (exact) mass is 344 g/mol. The second kappa shape index (κ2) is 5.61. The van der Waals surface area contributed by atoms with E-state index in [-0.39, 0.29) is 6.79 Å². The highest BCUT2D eigenvalue weighted by Crippen LogP contribution is 2.32. The van der Waals surface area contributed by atoms with Gasteiger partial charge in [-0.2, -0.15) is 0 Å². The van der Waals surface area contributed by atoms with Crippen molar-refractivity contribution in [3.05, 3.63) is 64.1 Å². The van der Waals surface area contributed by atoms with Crippen molar-refractivity contribution in [2.45, 2.75) is 0 Å². The van der Waals surface area contributed by atoms with Gasteiger partial charge in [-0.25, -0.2) is 0 Å². The summed E-state index contributed by atoms with van der Waals surface area (Å²) in [5.41, 5.74) is 8.53. The van der Waals surface area contributed by atoms with Crippen molar-refractivity contribution in [1.29, 1.82) is 5.41 Å². The number of hydrogen-bond acceptors (Lipinski definition) is 4. The molecule has 1 aliphatic heterocycles. The SMILES string of the molecule is N=C(C=C(N)c1cccc(Br)c1)c1ccc2c(c1)OCO2. The highest BCUT2D eigenvalue weighted by molar-refractivity contribution is 9.10. The lowest BCUT2D eigenvalue weighted by atomic mass is 10.1. The number of halogens is 1. The van der Waals surface area contributed by atoms with E-state index in [1.54, 1.807) is 18.2 Å². The van der Waals surface area contributed by atoms with Gasteiger partial charge < -0.3 is 20.6 Å². The molecule has 106 valence electrons. The number of ether oxygens (including phenoxy) is 2. The molecule has 21 heavy (non-hydrogen) atoms. The Labute approximate surface area is 130 Å². The van der Waals surface area contributed by atoms with E-state index in [4.69, 9.17) is 20.6 Å². The van der Waals surface area contributed by atoms with Crippen LogP contribution >= 0.6 is 15.9 Å². The molecule has 2 aromatic carbocycles. The minimum atomic E-state index is 0.224. The van der Waals surface area contributed by atoms with Gasteiger partial charge in [-0.3, -0.25) is 0 Å². The Kier molecular flexibility index (Phi) is 3.66. The molecule has 0 unspecified atom stereocenters. The van der Waals surface area contributed by atoms with E-state index in [1.165, 1.54) is 0 Å². The van der Waals surface area contributed by atoms with Crippen molar-refractivity contribution in [1.82, 2.24) is 0 Å². The maximum absolute atomic E-state index is 8.16. The van der Waals surface area contributed by atoms with Crippen LogP contribution in [0.1, 0.15) is 11.1 Å². The molecule has 3 rings (SSSR count). The molecule has 0 atom stereocenters. The van der Waals surface area contributed by atoms with E-state index in [0.29, 0.717) is 22.9 Å². The fourth-order valence-electron chi connectivity index (χ4n) is 2.05. The zero-order valence-corrected chi connectivity index (χ0v) is 12.7. The second-order valence-corrected chi connectivity index (χ2v) is 5.51. The number of nitrogens with one attached hydrogen (secondary N) is 1. The molecule has 0 saturated carbocycles. The van der Waals surface area contributed by atoms with E-state index in [9.17, 15) is 0 Å². The molecule has 1 aliphatic rings. The molecule has 5 heteroatoms. The quantitative estimate of drug-likeness (QED) is 0.836. The molecule has 0 spiro atoms. The summed E-state index contributed by atoms with van der Waals surface area (Å²) in [7, 11) is 0. The van der Waals surface area contributed by atoms with Crippen LogP contribution in [0.4, 0.5) is 0 Å². The topological polar surface area (TPSA) is 68.3 Å². The first-order valence-corrected chi connectivity index (χ1v) is 7.14. The maximum atomic E-state index is 8.16. The number of allylic oxidation sites excluding steroid dienone is 1. The van der Waals surface area contributed by atoms with Crippen LogP contribution in [0.25, 0.3) is 5.70 Å². The number of rotatable bonds is 3. The molecule has 1 heterocycles. The van der Waals surface area contributed by atoms with E-state index in [0.717, 1.165) is 15.6 Å². The molecule has 0 radical (unpaired) electrons. The minimum Gasteiger partial charge on any atom is -0.454 e. The summed E-state index contributed by atoms with van der Waals surface area (Å²) in [5, 5.41) is 8.16. The summed E-state index contributed by atoms with van der Waals surface area (Å²) in [5.74, 6) is 1.36. The third kappa shape index (κ3) is 2.92. The fourth-order valence-corrected chi connectivity index (χ4v) is 2.45. The first kappa shape index (κ1) is 13.7. The van der Waals surface area contributed by atoms with Crippen LogP contribution in [0.5, 0.6) is 11.5 Å². The zero-order chi connectivity index (χ0) is 14.8. The zero-order valence-electron chi connectivity index (χ0n) is 11.1. The maximum Gasteiger partial charge on any atom is 0.231 e. The van der Waals surface area contributed by atoms with E-state index in [2.05, 4.69) is 15.9 Å². The molecule has 2 aromatic rings. The molecule has 0 aromatic heterocycles. The minimum absolute atomic E-state index is 0.224. The molecule has 0 amide bonds. The molecule has 0 bridgehead atoms. The van der Waals surface area contributed by atoms with Gasteiger partial charge in [0.25, 0.3) is 0 Å². The first-order valence-electron chi connectivity index (χ1n) is 6.35. The molecule has 3 N–H and O–H groups in total. The molecular weight excluding hydrogens is 332 g/mol. The Hall–Kier alpha value is -2.27. The average Bonchev–Trinajstić information content (AvgIpc) is 2.94. The highest BCUT2D eigenvalue weighted by Gasteiger charge is 2.14. The highest BCUT2D eigenvalue weighted by atomic mass is 79.9. The van der Waals surface area contributed by atoms with Crippen LogP contribution in [0.3, 0.4) is 0 Å². The van der Waals surface area contributed by atoms with Crippen molar-refractivity contribution >= 4 is 27.3 Å². The average molecular weight is 345 g/mol.